The Labute approximate surface area is 48.8 Å². The van der Waals surface area contributed by atoms with E-state index in [2.05, 4.69) is 10.7 Å². The molecular weight excluding hydrogens is 117 g/mol. The molecule has 0 aliphatic rings. The Morgan fingerprint density at radius 2 is 2.29 bits per heavy atom. The number of hydrogen-bond acceptors (Lipinski definition) is 2. The van der Waals surface area contributed by atoms with Crippen LogP contribution in [-0.4, -0.2) is 17.8 Å². The fourth-order valence-corrected chi connectivity index (χ4v) is 0.171. The molecule has 0 saturated carbocycles. The van der Waals surface area contributed by atoms with Crippen LogP contribution in [0.3, 0.4) is 0 Å². The Bertz CT molecular complexity index is 34.1. The van der Waals surface area contributed by atoms with E-state index in [1.165, 1.54) is 0 Å². The lowest BCUT2D eigenvalue weighted by molar-refractivity contribution is -0.691. The van der Waals surface area contributed by atoms with Gasteiger partial charge in [-0.05, 0) is 6.92 Å². The Balaban J connectivity index is 0. The van der Waals surface area contributed by atoms with E-state index in [4.69, 9.17) is 5.11 Å². The summed E-state index contributed by atoms with van der Waals surface area (Å²) >= 11 is 0. The Morgan fingerprint density at radius 3 is 2.29 bits per heavy atom. The van der Waals surface area contributed by atoms with Gasteiger partial charge in [0.15, 0.2) is 0 Å². The molecule has 46 valence electrons. The smallest absolute Gasteiger partial charge is 0.131 e. The van der Waals surface area contributed by atoms with Crippen molar-refractivity contribution in [2.24, 2.45) is 0 Å². The molecule has 7 heavy (non-hydrogen) atoms. The summed E-state index contributed by atoms with van der Waals surface area (Å²) < 4.78 is 0. The molecule has 1 atom stereocenters. The van der Waals surface area contributed by atoms with Crippen LogP contribution < -0.4 is 18.3 Å². The summed E-state index contributed by atoms with van der Waals surface area (Å²) in [5.74, 6) is 3.07. The maximum atomic E-state index is 8.39. The van der Waals surface area contributed by atoms with Crippen molar-refractivity contribution in [2.75, 3.05) is 6.61 Å². The summed E-state index contributed by atoms with van der Waals surface area (Å²) in [4.78, 5) is 4.30. The van der Waals surface area contributed by atoms with Crippen LogP contribution in [0.15, 0.2) is 0 Å². The topological polar surface area (TPSA) is 57.1 Å². The Morgan fingerprint density at radius 1 is 1.86 bits per heavy atom. The number of rotatable bonds is 2. The van der Waals surface area contributed by atoms with E-state index in [1.807, 2.05) is 0 Å². The van der Waals surface area contributed by atoms with Gasteiger partial charge in [-0.1, -0.05) is 0 Å². The van der Waals surface area contributed by atoms with Crippen LogP contribution in [0.25, 0.3) is 0 Å². The third kappa shape index (κ3) is 10.7. The summed E-state index contributed by atoms with van der Waals surface area (Å²) in [7, 11) is 0. The zero-order valence-corrected chi connectivity index (χ0v) is 4.98. The zero-order valence-electron chi connectivity index (χ0n) is 4.22. The van der Waals surface area contributed by atoms with Crippen molar-refractivity contribution in [2.45, 2.75) is 13.0 Å². The predicted molar refractivity (Wildman–Crippen MR) is 20.5 cm³/mol. The number of hydrogen-bond donors (Lipinski definition) is 2. The summed E-state index contributed by atoms with van der Waals surface area (Å²) in [6.45, 7) is 1.96. The first-order valence-electron chi connectivity index (χ1n) is 1.82. The van der Waals surface area contributed by atoms with E-state index in [9.17, 15) is 0 Å². The maximum Gasteiger partial charge on any atom is 0.131 e. The molecule has 0 radical (unpaired) electrons. The van der Waals surface area contributed by atoms with Crippen LogP contribution in [0.1, 0.15) is 6.92 Å². The second-order valence-electron chi connectivity index (χ2n) is 1.22. The SMILES string of the molecule is C[C@H](O)CO[NH3+].[Cl-]. The average Bonchev–Trinajstić information content (AvgIpc) is 1.35. The molecular formula is C3H10ClNO2. The minimum absolute atomic E-state index is 0. The van der Waals surface area contributed by atoms with E-state index < -0.39 is 0 Å². The maximum absolute atomic E-state index is 8.39. The van der Waals surface area contributed by atoms with Crippen LogP contribution in [0, 0.1) is 0 Å². The summed E-state index contributed by atoms with van der Waals surface area (Å²) in [5.41, 5.74) is 0. The third-order valence-electron chi connectivity index (χ3n) is 0.359. The molecule has 0 aliphatic carbocycles. The van der Waals surface area contributed by atoms with Crippen molar-refractivity contribution in [1.29, 1.82) is 0 Å². The summed E-state index contributed by atoms with van der Waals surface area (Å²) in [5, 5.41) is 8.39. The third-order valence-corrected chi connectivity index (χ3v) is 0.359. The Kier molecular flexibility index (Phi) is 9.00. The van der Waals surface area contributed by atoms with Crippen molar-refractivity contribution in [1.82, 2.24) is 0 Å². The summed E-state index contributed by atoms with van der Waals surface area (Å²) in [6.07, 6.45) is -0.387. The monoisotopic (exact) mass is 127 g/mol. The molecule has 3 nitrogen and oxygen atoms in total. The summed E-state index contributed by atoms with van der Waals surface area (Å²) in [6, 6.07) is 0. The van der Waals surface area contributed by atoms with Gasteiger partial charge in [-0.3, -0.25) is 0 Å². The van der Waals surface area contributed by atoms with Crippen LogP contribution in [0.2, 0.25) is 0 Å². The van der Waals surface area contributed by atoms with Gasteiger partial charge in [-0.25, -0.2) is 10.7 Å². The number of quaternary nitrogens is 1. The fourth-order valence-electron chi connectivity index (χ4n) is 0.171. The second-order valence-corrected chi connectivity index (χ2v) is 1.22. The molecule has 0 aromatic heterocycles. The van der Waals surface area contributed by atoms with E-state index in [0.717, 1.165) is 0 Å². The van der Waals surface area contributed by atoms with Gasteiger partial charge >= 0.3 is 0 Å². The van der Waals surface area contributed by atoms with Crippen LogP contribution in [-0.2, 0) is 4.84 Å². The van der Waals surface area contributed by atoms with Crippen molar-refractivity contribution >= 4 is 0 Å². The van der Waals surface area contributed by atoms with Gasteiger partial charge in [0, 0.05) is 0 Å². The molecule has 0 bridgehead atoms. The van der Waals surface area contributed by atoms with Gasteiger partial charge in [0.05, 0.1) is 6.10 Å². The largest absolute Gasteiger partial charge is 1.00 e. The lowest BCUT2D eigenvalue weighted by atomic mass is 10.5. The van der Waals surface area contributed by atoms with E-state index >= 15 is 0 Å². The minimum atomic E-state index is -0.387. The first-order valence-corrected chi connectivity index (χ1v) is 1.82. The molecule has 0 aromatic carbocycles. The molecule has 0 aromatic rings. The van der Waals surface area contributed by atoms with Gasteiger partial charge < -0.3 is 17.5 Å². The number of aliphatic hydroxyl groups excluding tert-OH is 1. The number of aliphatic hydroxyl groups is 1. The highest BCUT2D eigenvalue weighted by atomic mass is 35.5. The molecule has 0 unspecified atom stereocenters. The zero-order chi connectivity index (χ0) is 4.99. The normalized spacial score (nSPS) is 12.4. The van der Waals surface area contributed by atoms with E-state index in [0.29, 0.717) is 6.61 Å². The standard InChI is InChI=1S/C3H10NO2.ClH/c1-3(5)2-6-4;/h3,5H,2H2,1,4H3;1H/q+1;/p-1/t3-;/m0./s1. The Hall–Kier alpha value is 0.170. The lowest BCUT2D eigenvalue weighted by Crippen LogP contribution is -3.00. The first kappa shape index (κ1) is 10.2. The lowest BCUT2D eigenvalue weighted by Gasteiger charge is -1.93. The van der Waals surface area contributed by atoms with Crippen LogP contribution in [0.4, 0.5) is 0 Å². The predicted octanol–water partition coefficient (Wildman–Crippen LogP) is -4.46. The van der Waals surface area contributed by atoms with E-state index in [-0.39, 0.29) is 18.5 Å². The van der Waals surface area contributed by atoms with Crippen molar-refractivity contribution in [3.05, 3.63) is 0 Å². The van der Waals surface area contributed by atoms with Crippen LogP contribution >= 0.6 is 0 Å². The number of halogens is 1. The van der Waals surface area contributed by atoms with Crippen molar-refractivity contribution < 1.29 is 28.2 Å². The molecule has 0 heterocycles. The van der Waals surface area contributed by atoms with Gasteiger partial charge in [0.2, 0.25) is 0 Å². The van der Waals surface area contributed by atoms with Crippen molar-refractivity contribution in [3.63, 3.8) is 0 Å². The average molecular weight is 128 g/mol. The first-order chi connectivity index (χ1) is 2.77. The second kappa shape index (κ2) is 6.17. The van der Waals surface area contributed by atoms with Gasteiger partial charge in [-0.15, -0.1) is 0 Å². The fraction of sp³-hybridized carbons (Fsp3) is 1.00. The highest BCUT2D eigenvalue weighted by molar-refractivity contribution is 4.35. The van der Waals surface area contributed by atoms with Gasteiger partial charge in [-0.2, -0.15) is 0 Å². The quantitative estimate of drug-likeness (QED) is 0.368. The minimum Gasteiger partial charge on any atom is -1.00 e. The van der Waals surface area contributed by atoms with Crippen molar-refractivity contribution in [3.8, 4) is 0 Å². The van der Waals surface area contributed by atoms with E-state index in [1.54, 1.807) is 6.92 Å². The molecule has 0 saturated heterocycles. The highest BCUT2D eigenvalue weighted by Gasteiger charge is 1.90. The highest BCUT2D eigenvalue weighted by Crippen LogP contribution is 1.72. The van der Waals surface area contributed by atoms with Gasteiger partial charge in [0.1, 0.15) is 6.61 Å². The molecule has 0 rings (SSSR count). The molecule has 0 amide bonds. The molecule has 0 fully saturated rings. The van der Waals surface area contributed by atoms with Gasteiger partial charge in [0.25, 0.3) is 0 Å². The molecule has 0 aliphatic heterocycles. The molecule has 0 spiro atoms. The molecule has 4 N–H and O–H groups in total. The van der Waals surface area contributed by atoms with Crippen LogP contribution in [0.5, 0.6) is 0 Å². The molecule has 4 heteroatoms.